The number of aliphatic hydroxyl groups excluding tert-OH is 1. The molecule has 260 valence electrons. The number of aliphatic hydroxyl groups is 1. The fraction of sp³-hybridized carbons (Fsp3) is 0.600. The molecule has 0 saturated carbocycles. The molecule has 0 bridgehead atoms. The second kappa shape index (κ2) is 16.9. The van der Waals surface area contributed by atoms with E-state index in [0.29, 0.717) is 47.9 Å². The average Bonchev–Trinajstić information content (AvgIpc) is 3.00. The van der Waals surface area contributed by atoms with Crippen molar-refractivity contribution in [3.8, 4) is 0 Å². The molecule has 1 aromatic heterocycles. The molecular formula is C35H52BrN5O6. The van der Waals surface area contributed by atoms with E-state index in [-0.39, 0.29) is 17.9 Å². The standard InChI is InChI=1S/C28H37BrN4O3.C7H15NO3/c1-5-36-30-26(22-6-8-24(29)9-7-22)23-11-15-32(16-12-23)28(4)13-18-31(19-14-28)27(34)25-20(2)10-17-33(35)21(25)3;1-8(2,3)5-6(9)4-7(10)11/h6-10,17,23H,5,11-16,18-19H2,1-4H3;6,9H,4-5H2,1-3H3/b30-26-;. The van der Waals surface area contributed by atoms with Crippen molar-refractivity contribution in [2.45, 2.75) is 71.4 Å². The SMILES string of the molecule is CCO/N=C(/c1ccc(Br)cc1)C1CCN(C2(C)CCN(C(=O)c3c(C)cc[n+]([O-])c3C)CC2)CC1.C[N+](C)(C)CC(O)CC(=O)[O-]. The molecule has 2 saturated heterocycles. The Kier molecular flexibility index (Phi) is 13.8. The van der Waals surface area contributed by atoms with Crippen LogP contribution in [0.2, 0.25) is 0 Å². The molecule has 11 nitrogen and oxygen atoms in total. The first kappa shape index (κ1) is 38.4. The highest BCUT2D eigenvalue weighted by Crippen LogP contribution is 2.34. The van der Waals surface area contributed by atoms with Crippen molar-refractivity contribution in [1.29, 1.82) is 0 Å². The van der Waals surface area contributed by atoms with Crippen LogP contribution in [-0.2, 0) is 9.63 Å². The summed E-state index contributed by atoms with van der Waals surface area (Å²) in [5, 5.41) is 35.7. The van der Waals surface area contributed by atoms with Gasteiger partial charge in [0.25, 0.3) is 5.91 Å². The summed E-state index contributed by atoms with van der Waals surface area (Å²) in [7, 11) is 5.66. The molecule has 1 atom stereocenters. The second-order valence-corrected chi connectivity index (χ2v) is 14.9. The minimum atomic E-state index is -1.20. The van der Waals surface area contributed by atoms with Crippen LogP contribution in [0.5, 0.6) is 0 Å². The fourth-order valence-corrected chi connectivity index (χ4v) is 6.72. The first-order valence-electron chi connectivity index (χ1n) is 16.4. The van der Waals surface area contributed by atoms with E-state index in [1.54, 1.807) is 13.0 Å². The number of aryl methyl sites for hydroxylation is 1. The van der Waals surface area contributed by atoms with Crippen LogP contribution in [0.4, 0.5) is 0 Å². The lowest BCUT2D eigenvalue weighted by Gasteiger charge is -2.49. The largest absolute Gasteiger partial charge is 0.618 e. The summed E-state index contributed by atoms with van der Waals surface area (Å²) in [5.74, 6) is -0.866. The summed E-state index contributed by atoms with van der Waals surface area (Å²) in [6.07, 6.45) is 4.31. The predicted octanol–water partition coefficient (Wildman–Crippen LogP) is 3.04. The van der Waals surface area contributed by atoms with Gasteiger partial charge >= 0.3 is 0 Å². The molecule has 0 radical (unpaired) electrons. The Morgan fingerprint density at radius 2 is 1.70 bits per heavy atom. The van der Waals surface area contributed by atoms with Crippen LogP contribution in [0.3, 0.4) is 0 Å². The number of benzene rings is 1. The predicted molar refractivity (Wildman–Crippen MR) is 184 cm³/mol. The number of halogens is 1. The summed E-state index contributed by atoms with van der Waals surface area (Å²) in [4.78, 5) is 33.3. The quantitative estimate of drug-likeness (QED) is 0.131. The van der Waals surface area contributed by atoms with E-state index < -0.39 is 12.1 Å². The number of likely N-dealkylation sites (tertiary alicyclic amines) is 2. The first-order chi connectivity index (χ1) is 22.0. The van der Waals surface area contributed by atoms with Crippen LogP contribution >= 0.6 is 15.9 Å². The smallest absolute Gasteiger partial charge is 0.260 e. The first-order valence-corrected chi connectivity index (χ1v) is 17.2. The number of hydrogen-bond acceptors (Lipinski definition) is 8. The van der Waals surface area contributed by atoms with Crippen molar-refractivity contribution in [2.75, 3.05) is 60.5 Å². The van der Waals surface area contributed by atoms with Gasteiger partial charge in [0.1, 0.15) is 24.8 Å². The van der Waals surface area contributed by atoms with Gasteiger partial charge in [-0.1, -0.05) is 33.2 Å². The van der Waals surface area contributed by atoms with Crippen LogP contribution in [0, 0.1) is 25.0 Å². The zero-order valence-electron chi connectivity index (χ0n) is 29.0. The molecule has 2 aliphatic rings. The van der Waals surface area contributed by atoms with Gasteiger partial charge in [0.05, 0.1) is 26.9 Å². The van der Waals surface area contributed by atoms with E-state index >= 15 is 0 Å². The van der Waals surface area contributed by atoms with Crippen molar-refractivity contribution in [1.82, 2.24) is 9.80 Å². The lowest BCUT2D eigenvalue weighted by atomic mass is 9.82. The number of aromatic nitrogens is 1. The molecule has 0 spiro atoms. The molecule has 0 aliphatic carbocycles. The van der Waals surface area contributed by atoms with Gasteiger partial charge in [0.2, 0.25) is 5.69 Å². The van der Waals surface area contributed by atoms with Crippen LogP contribution < -0.4 is 9.84 Å². The zero-order chi connectivity index (χ0) is 34.9. The topological polar surface area (TPSA) is 132 Å². The van der Waals surface area contributed by atoms with Crippen molar-refractivity contribution in [2.24, 2.45) is 11.1 Å². The molecule has 2 aliphatic heterocycles. The van der Waals surface area contributed by atoms with Crippen LogP contribution in [0.1, 0.15) is 73.1 Å². The summed E-state index contributed by atoms with van der Waals surface area (Å²) in [6.45, 7) is 12.3. The number of hydrogen-bond donors (Lipinski definition) is 1. The summed E-state index contributed by atoms with van der Waals surface area (Å²) < 4.78 is 2.39. The van der Waals surface area contributed by atoms with Crippen molar-refractivity contribution >= 4 is 33.5 Å². The van der Waals surface area contributed by atoms with Gasteiger partial charge in [-0.25, -0.2) is 0 Å². The van der Waals surface area contributed by atoms with E-state index in [0.717, 1.165) is 64.8 Å². The number of pyridine rings is 1. The van der Waals surface area contributed by atoms with E-state index in [2.05, 4.69) is 57.2 Å². The number of carboxylic acid groups (broad SMARTS) is 1. The van der Waals surface area contributed by atoms with Crippen molar-refractivity contribution in [3.63, 3.8) is 0 Å². The number of carboxylic acids is 1. The number of oxime groups is 1. The number of rotatable bonds is 10. The van der Waals surface area contributed by atoms with E-state index in [9.17, 15) is 19.9 Å². The molecule has 1 aromatic carbocycles. The Morgan fingerprint density at radius 1 is 1.11 bits per heavy atom. The number of aliphatic carboxylic acids is 1. The number of likely N-dealkylation sites (N-methyl/N-ethyl adjacent to an activating group) is 1. The normalized spacial score (nSPS) is 18.2. The molecule has 1 unspecified atom stereocenters. The number of carbonyl (C=O) groups is 2. The van der Waals surface area contributed by atoms with Crippen molar-refractivity contribution in [3.05, 3.63) is 68.6 Å². The minimum absolute atomic E-state index is 0.0257. The highest BCUT2D eigenvalue weighted by Gasteiger charge is 2.40. The van der Waals surface area contributed by atoms with Gasteiger partial charge in [-0.15, -0.1) is 0 Å². The maximum absolute atomic E-state index is 13.3. The minimum Gasteiger partial charge on any atom is -0.618 e. The zero-order valence-corrected chi connectivity index (χ0v) is 30.6. The molecular weight excluding hydrogens is 666 g/mol. The number of piperidine rings is 2. The Labute approximate surface area is 288 Å². The van der Waals surface area contributed by atoms with Gasteiger partial charge < -0.3 is 34.4 Å². The number of quaternary nitrogens is 1. The monoisotopic (exact) mass is 717 g/mol. The molecule has 2 aromatic rings. The maximum atomic E-state index is 13.3. The average molecular weight is 719 g/mol. The Morgan fingerprint density at radius 3 is 2.23 bits per heavy atom. The highest BCUT2D eigenvalue weighted by molar-refractivity contribution is 9.10. The molecule has 12 heteroatoms. The molecule has 3 heterocycles. The Bertz CT molecular complexity index is 1380. The summed E-state index contributed by atoms with van der Waals surface area (Å²) in [6, 6.07) is 10.0. The molecule has 1 amide bonds. The lowest BCUT2D eigenvalue weighted by molar-refractivity contribution is -0.873. The Hall–Kier alpha value is -3.06. The van der Waals surface area contributed by atoms with Gasteiger partial charge in [-0.3, -0.25) is 9.69 Å². The molecule has 2 fully saturated rings. The third-order valence-corrected chi connectivity index (χ3v) is 9.65. The van der Waals surface area contributed by atoms with Gasteiger partial charge in [-0.05, 0) is 82.8 Å². The van der Waals surface area contributed by atoms with E-state index in [1.807, 2.05) is 39.9 Å². The number of carbonyl (C=O) groups excluding carboxylic acids is 2. The lowest BCUT2D eigenvalue weighted by Crippen LogP contribution is -2.57. The van der Waals surface area contributed by atoms with Gasteiger partial charge in [0.15, 0.2) is 6.20 Å². The molecule has 47 heavy (non-hydrogen) atoms. The maximum Gasteiger partial charge on any atom is 0.260 e. The third-order valence-electron chi connectivity index (χ3n) is 9.13. The van der Waals surface area contributed by atoms with Crippen LogP contribution in [0.25, 0.3) is 0 Å². The van der Waals surface area contributed by atoms with E-state index in [1.165, 1.54) is 6.20 Å². The fourth-order valence-electron chi connectivity index (χ4n) is 6.46. The van der Waals surface area contributed by atoms with Crippen molar-refractivity contribution < 1.29 is 33.9 Å². The highest BCUT2D eigenvalue weighted by atomic mass is 79.9. The molecule has 4 rings (SSSR count). The third kappa shape index (κ3) is 11.0. The van der Waals surface area contributed by atoms with E-state index in [4.69, 9.17) is 9.94 Å². The molecule has 1 N–H and O–H groups in total. The second-order valence-electron chi connectivity index (χ2n) is 13.9. The van der Waals surface area contributed by atoms with Crippen LogP contribution in [-0.4, -0.2) is 109 Å². The van der Waals surface area contributed by atoms with Crippen LogP contribution in [0.15, 0.2) is 46.2 Å². The van der Waals surface area contributed by atoms with Gasteiger partial charge in [-0.2, -0.15) is 4.73 Å². The Balaban J connectivity index is 0.000000468. The number of amides is 1. The summed E-state index contributed by atoms with van der Waals surface area (Å²) >= 11 is 3.52. The van der Waals surface area contributed by atoms with Gasteiger partial charge in [0, 0.05) is 54.4 Å². The summed E-state index contributed by atoms with van der Waals surface area (Å²) in [5.41, 5.74) is 4.11. The number of nitrogens with zero attached hydrogens (tertiary/aromatic N) is 5.